The molecule has 3 heteroatoms. The van der Waals surface area contributed by atoms with Gasteiger partial charge in [0.05, 0.1) is 28.6 Å². The fourth-order valence-corrected chi connectivity index (χ4v) is 0.632. The van der Waals surface area contributed by atoms with Crippen LogP contribution in [0.4, 0.5) is 0 Å². The highest BCUT2D eigenvalue weighted by atomic mass is 127. The van der Waals surface area contributed by atoms with Crippen LogP contribution < -0.4 is 3.53 Å². The van der Waals surface area contributed by atoms with Crippen molar-refractivity contribution in [1.29, 1.82) is 5.41 Å². The van der Waals surface area contributed by atoms with Crippen LogP contribution in [0.3, 0.4) is 0 Å². The lowest BCUT2D eigenvalue weighted by Crippen LogP contribution is -1.96. The molecule has 40 valence electrons. The van der Waals surface area contributed by atoms with Crippen LogP contribution in [0.2, 0.25) is 0 Å². The number of nitrogens with one attached hydrogen (secondary N) is 2. The zero-order valence-corrected chi connectivity index (χ0v) is 6.19. The van der Waals surface area contributed by atoms with Crippen LogP contribution in [-0.2, 0) is 0 Å². The van der Waals surface area contributed by atoms with Gasteiger partial charge in [-0.3, -0.25) is 0 Å². The normalized spacial score (nSPS) is 10.9. The highest BCUT2D eigenvalue weighted by molar-refractivity contribution is 14.1. The van der Waals surface area contributed by atoms with Crippen LogP contribution in [-0.4, -0.2) is 6.21 Å². The van der Waals surface area contributed by atoms with E-state index in [1.54, 1.807) is 0 Å². The van der Waals surface area contributed by atoms with Crippen molar-refractivity contribution in [1.82, 2.24) is 3.53 Å². The monoisotopic (exact) mass is 210 g/mol. The van der Waals surface area contributed by atoms with E-state index in [4.69, 9.17) is 5.41 Å². The highest BCUT2D eigenvalue weighted by Crippen LogP contribution is 1.84. The lowest BCUT2D eigenvalue weighted by Gasteiger charge is -1.89. The van der Waals surface area contributed by atoms with Gasteiger partial charge in [0.1, 0.15) is 0 Å². The first-order chi connectivity index (χ1) is 3.35. The van der Waals surface area contributed by atoms with E-state index in [0.717, 1.165) is 5.70 Å². The molecule has 0 aliphatic heterocycles. The number of hydrogen-bond acceptors (Lipinski definition) is 2. The maximum absolute atomic E-state index is 6.70. The Bertz CT molecular complexity index is 87.7. The lowest BCUT2D eigenvalue weighted by atomic mass is 10.5. The van der Waals surface area contributed by atoms with Gasteiger partial charge in [-0.25, -0.2) is 0 Å². The average molecular weight is 210 g/mol. The van der Waals surface area contributed by atoms with Crippen molar-refractivity contribution in [3.63, 3.8) is 0 Å². The van der Waals surface area contributed by atoms with E-state index < -0.39 is 0 Å². The predicted molar refractivity (Wildman–Crippen MR) is 39.7 cm³/mol. The molecule has 0 bridgehead atoms. The molecule has 0 aliphatic rings. The molecule has 0 aliphatic carbocycles. The molecule has 7 heavy (non-hydrogen) atoms. The maximum Gasteiger partial charge on any atom is 0.0562 e. The summed E-state index contributed by atoms with van der Waals surface area (Å²) in [6.45, 7) is 1.88. The lowest BCUT2D eigenvalue weighted by molar-refractivity contribution is 1.36. The Labute approximate surface area is 57.0 Å². The first-order valence-corrected chi connectivity index (χ1v) is 2.96. The van der Waals surface area contributed by atoms with Crippen molar-refractivity contribution in [2.75, 3.05) is 0 Å². The van der Waals surface area contributed by atoms with E-state index in [9.17, 15) is 0 Å². The summed E-state index contributed by atoms with van der Waals surface area (Å²) in [4.78, 5) is 0. The molecule has 0 aromatic carbocycles. The van der Waals surface area contributed by atoms with E-state index in [-0.39, 0.29) is 0 Å². The molecule has 0 amide bonds. The summed E-state index contributed by atoms with van der Waals surface area (Å²) in [6.07, 6.45) is 3.10. The fraction of sp³-hybridized carbons (Fsp3) is 0.250. The van der Waals surface area contributed by atoms with Crippen molar-refractivity contribution >= 4 is 29.1 Å². The zero-order chi connectivity index (χ0) is 5.70. The van der Waals surface area contributed by atoms with Gasteiger partial charge in [0.2, 0.25) is 0 Å². The van der Waals surface area contributed by atoms with Gasteiger partial charge >= 0.3 is 0 Å². The van der Waals surface area contributed by atoms with Crippen LogP contribution in [0.15, 0.2) is 11.8 Å². The third kappa shape index (κ3) is 2.61. The molecule has 0 unspecified atom stereocenters. The largest absolute Gasteiger partial charge is 0.327 e. The quantitative estimate of drug-likeness (QED) is 0.404. The molecule has 0 saturated heterocycles. The smallest absolute Gasteiger partial charge is 0.0562 e. The van der Waals surface area contributed by atoms with Crippen LogP contribution >= 0.6 is 22.9 Å². The molecule has 0 aromatic rings. The number of allylic oxidation sites excluding steroid dienone is 2. The van der Waals surface area contributed by atoms with Crippen molar-refractivity contribution in [3.05, 3.63) is 11.8 Å². The van der Waals surface area contributed by atoms with E-state index in [1.165, 1.54) is 6.21 Å². The van der Waals surface area contributed by atoms with Gasteiger partial charge in [-0.1, -0.05) is 6.08 Å². The molecule has 0 spiro atoms. The summed E-state index contributed by atoms with van der Waals surface area (Å²) in [5.41, 5.74) is 0.834. The van der Waals surface area contributed by atoms with Gasteiger partial charge in [0.25, 0.3) is 0 Å². The van der Waals surface area contributed by atoms with E-state index in [2.05, 4.69) is 3.53 Å². The van der Waals surface area contributed by atoms with Gasteiger partial charge in [-0.05, 0) is 6.92 Å². The highest BCUT2D eigenvalue weighted by Gasteiger charge is 1.78. The Morgan fingerprint density at radius 1 is 1.86 bits per heavy atom. The van der Waals surface area contributed by atoms with Gasteiger partial charge < -0.3 is 8.94 Å². The third-order valence-electron chi connectivity index (χ3n) is 0.576. The summed E-state index contributed by atoms with van der Waals surface area (Å²) in [7, 11) is 0. The third-order valence-corrected chi connectivity index (χ3v) is 1.20. The van der Waals surface area contributed by atoms with Gasteiger partial charge in [-0.15, -0.1) is 0 Å². The summed E-state index contributed by atoms with van der Waals surface area (Å²) in [6, 6.07) is 0. The molecule has 2 nitrogen and oxygen atoms in total. The van der Waals surface area contributed by atoms with Gasteiger partial charge in [0, 0.05) is 6.21 Å². The molecular formula is C4H7IN2. The molecule has 0 rings (SSSR count). The minimum absolute atomic E-state index is 0.834. The molecule has 0 aromatic heterocycles. The van der Waals surface area contributed by atoms with Crippen LogP contribution in [0.25, 0.3) is 0 Å². The Morgan fingerprint density at radius 3 is 2.43 bits per heavy atom. The van der Waals surface area contributed by atoms with Crippen molar-refractivity contribution < 1.29 is 0 Å². The van der Waals surface area contributed by atoms with Crippen molar-refractivity contribution in [2.45, 2.75) is 6.92 Å². The van der Waals surface area contributed by atoms with Crippen molar-refractivity contribution in [2.24, 2.45) is 0 Å². The van der Waals surface area contributed by atoms with Crippen LogP contribution in [0.1, 0.15) is 6.92 Å². The zero-order valence-electron chi connectivity index (χ0n) is 4.03. The number of rotatable bonds is 2. The molecule has 2 N–H and O–H groups in total. The SMILES string of the molecule is C/C=C(\C=N)NI. The number of hydrogen-bond donors (Lipinski definition) is 2. The van der Waals surface area contributed by atoms with E-state index in [0.29, 0.717) is 0 Å². The number of halogens is 1. The molecule has 0 radical (unpaired) electrons. The van der Waals surface area contributed by atoms with Crippen molar-refractivity contribution in [3.8, 4) is 0 Å². The Balaban J connectivity index is 3.60. The standard InChI is InChI=1S/C4H7IN2/c1-2-4(3-6)7-5/h2-3,6-7H,1H3/b4-2+,6-3?. The minimum atomic E-state index is 0.834. The van der Waals surface area contributed by atoms with Gasteiger partial charge in [0.15, 0.2) is 0 Å². The topological polar surface area (TPSA) is 35.9 Å². The Kier molecular flexibility index (Phi) is 4.07. The molecule has 0 saturated carbocycles. The Hall–Kier alpha value is -0.0600. The Morgan fingerprint density at radius 2 is 2.43 bits per heavy atom. The van der Waals surface area contributed by atoms with E-state index >= 15 is 0 Å². The summed E-state index contributed by atoms with van der Waals surface area (Å²) in [5, 5.41) is 6.70. The molecule has 0 heterocycles. The second-order valence-corrected chi connectivity index (χ2v) is 1.52. The molecule has 0 atom stereocenters. The minimum Gasteiger partial charge on any atom is -0.327 e. The summed E-state index contributed by atoms with van der Waals surface area (Å²) < 4.78 is 2.79. The van der Waals surface area contributed by atoms with Gasteiger partial charge in [-0.2, -0.15) is 0 Å². The molecule has 0 fully saturated rings. The van der Waals surface area contributed by atoms with E-state index in [1.807, 2.05) is 35.9 Å². The fourth-order valence-electron chi connectivity index (χ4n) is 0.165. The first-order valence-electron chi connectivity index (χ1n) is 1.88. The van der Waals surface area contributed by atoms with Crippen LogP contribution in [0.5, 0.6) is 0 Å². The maximum atomic E-state index is 6.70. The summed E-state index contributed by atoms with van der Waals surface area (Å²) in [5.74, 6) is 0. The predicted octanol–water partition coefficient (Wildman–Crippen LogP) is 1.48. The second-order valence-electron chi connectivity index (χ2n) is 0.983. The first kappa shape index (κ1) is 6.94. The summed E-state index contributed by atoms with van der Waals surface area (Å²) >= 11 is 1.98. The van der Waals surface area contributed by atoms with Crippen LogP contribution in [0, 0.1) is 5.41 Å². The second kappa shape index (κ2) is 4.11. The average Bonchev–Trinajstić information content (AvgIpc) is 1.72. The molecular weight excluding hydrogens is 203 g/mol.